The molecule has 0 spiro atoms. The topological polar surface area (TPSA) is 29.1 Å². The molecule has 1 saturated carbocycles. The zero-order valence-corrected chi connectivity index (χ0v) is 7.81. The summed E-state index contributed by atoms with van der Waals surface area (Å²) < 4.78 is 0. The summed E-state index contributed by atoms with van der Waals surface area (Å²) in [4.78, 5) is 10.9. The fraction of sp³-hybridized carbons (Fsp3) is 0.900. The van der Waals surface area contributed by atoms with Gasteiger partial charge in [0.1, 0.15) is 0 Å². The highest BCUT2D eigenvalue weighted by molar-refractivity contribution is 5.78. The van der Waals surface area contributed by atoms with Gasteiger partial charge < -0.3 is 5.32 Å². The molecule has 1 aliphatic rings. The lowest BCUT2D eigenvalue weighted by Crippen LogP contribution is -2.25. The number of rotatable bonds is 1. The maximum atomic E-state index is 10.9. The number of amides is 1. The molecule has 0 heterocycles. The molecule has 0 aromatic heterocycles. The van der Waals surface area contributed by atoms with Gasteiger partial charge in [0, 0.05) is 13.0 Å². The van der Waals surface area contributed by atoms with Gasteiger partial charge in [-0.05, 0) is 12.8 Å². The molecule has 0 aromatic rings. The monoisotopic (exact) mass is 173 g/mol. The fourth-order valence-electron chi connectivity index (χ4n) is 1.39. The highest BCUT2D eigenvalue weighted by Gasteiger charge is 2.20. The van der Waals surface area contributed by atoms with Crippen LogP contribution in [-0.2, 0) is 4.79 Å². The standard InChI is InChI=1S/C7H13NO.C2H6.CH4/c1-8-7(9)6-4-2-3-5-6;1-2;/h6H,2-5H2,1H3,(H,8,9);1-2H3;1H4. The van der Waals surface area contributed by atoms with Crippen LogP contribution < -0.4 is 5.32 Å². The van der Waals surface area contributed by atoms with E-state index in [-0.39, 0.29) is 13.3 Å². The van der Waals surface area contributed by atoms with Gasteiger partial charge in [0.2, 0.25) is 5.91 Å². The molecule has 0 atom stereocenters. The number of nitrogens with one attached hydrogen (secondary N) is 1. The maximum Gasteiger partial charge on any atom is 0.222 e. The van der Waals surface area contributed by atoms with Crippen LogP contribution in [0.3, 0.4) is 0 Å². The van der Waals surface area contributed by atoms with Crippen molar-refractivity contribution in [2.45, 2.75) is 47.0 Å². The Kier molecular flexibility index (Phi) is 10.0. The van der Waals surface area contributed by atoms with Crippen molar-refractivity contribution in [2.75, 3.05) is 7.05 Å². The summed E-state index contributed by atoms with van der Waals surface area (Å²) in [5, 5.41) is 2.67. The van der Waals surface area contributed by atoms with Gasteiger partial charge in [-0.15, -0.1) is 0 Å². The van der Waals surface area contributed by atoms with E-state index >= 15 is 0 Å². The summed E-state index contributed by atoms with van der Waals surface area (Å²) in [5.74, 6) is 0.558. The molecule has 0 radical (unpaired) electrons. The minimum atomic E-state index is 0. The van der Waals surface area contributed by atoms with Crippen LogP contribution in [0.1, 0.15) is 47.0 Å². The van der Waals surface area contributed by atoms with Crippen LogP contribution in [0.2, 0.25) is 0 Å². The Hall–Kier alpha value is -0.530. The van der Waals surface area contributed by atoms with Crippen LogP contribution in [0.5, 0.6) is 0 Å². The average molecular weight is 173 g/mol. The van der Waals surface area contributed by atoms with E-state index in [4.69, 9.17) is 0 Å². The summed E-state index contributed by atoms with van der Waals surface area (Å²) >= 11 is 0. The highest BCUT2D eigenvalue weighted by Crippen LogP contribution is 2.24. The van der Waals surface area contributed by atoms with Crippen molar-refractivity contribution in [1.82, 2.24) is 5.32 Å². The van der Waals surface area contributed by atoms with Gasteiger partial charge in [-0.2, -0.15) is 0 Å². The van der Waals surface area contributed by atoms with E-state index < -0.39 is 0 Å². The van der Waals surface area contributed by atoms with E-state index in [1.165, 1.54) is 12.8 Å². The van der Waals surface area contributed by atoms with Gasteiger partial charge in [-0.25, -0.2) is 0 Å². The summed E-state index contributed by atoms with van der Waals surface area (Å²) in [6.07, 6.45) is 4.66. The normalized spacial score (nSPS) is 15.6. The minimum absolute atomic E-state index is 0. The van der Waals surface area contributed by atoms with Crippen molar-refractivity contribution < 1.29 is 4.79 Å². The molecule has 0 aliphatic heterocycles. The fourth-order valence-corrected chi connectivity index (χ4v) is 1.39. The zero-order chi connectivity index (χ0) is 8.69. The molecule has 1 amide bonds. The van der Waals surface area contributed by atoms with Crippen LogP contribution in [0.4, 0.5) is 0 Å². The summed E-state index contributed by atoms with van der Waals surface area (Å²) in [6.45, 7) is 4.00. The summed E-state index contributed by atoms with van der Waals surface area (Å²) in [7, 11) is 1.71. The molecule has 0 bridgehead atoms. The zero-order valence-electron chi connectivity index (χ0n) is 7.81. The van der Waals surface area contributed by atoms with Crippen LogP contribution >= 0.6 is 0 Å². The lowest BCUT2D eigenvalue weighted by atomic mass is 10.1. The molecular weight excluding hydrogens is 150 g/mol. The second-order valence-corrected chi connectivity index (χ2v) is 2.60. The average Bonchev–Trinajstić information content (AvgIpc) is 2.59. The first-order valence-electron chi connectivity index (χ1n) is 4.56. The Morgan fingerprint density at radius 1 is 1.25 bits per heavy atom. The molecule has 0 saturated heterocycles. The van der Waals surface area contributed by atoms with Crippen LogP contribution in [-0.4, -0.2) is 13.0 Å². The number of hydrogen-bond donors (Lipinski definition) is 1. The van der Waals surface area contributed by atoms with Gasteiger partial charge in [-0.3, -0.25) is 4.79 Å². The number of hydrogen-bond acceptors (Lipinski definition) is 1. The SMILES string of the molecule is C.CC.CNC(=O)C1CCCC1. The molecule has 1 N–H and O–H groups in total. The van der Waals surface area contributed by atoms with Crippen molar-refractivity contribution in [3.8, 4) is 0 Å². The third kappa shape index (κ3) is 4.37. The molecule has 12 heavy (non-hydrogen) atoms. The predicted molar refractivity (Wildman–Crippen MR) is 54.1 cm³/mol. The van der Waals surface area contributed by atoms with Crippen molar-refractivity contribution in [3.05, 3.63) is 0 Å². The number of carbonyl (C=O) groups excluding carboxylic acids is 1. The minimum Gasteiger partial charge on any atom is -0.359 e. The smallest absolute Gasteiger partial charge is 0.222 e. The van der Waals surface area contributed by atoms with Crippen LogP contribution in [0.15, 0.2) is 0 Å². The largest absolute Gasteiger partial charge is 0.359 e. The van der Waals surface area contributed by atoms with Crippen molar-refractivity contribution in [1.29, 1.82) is 0 Å². The first-order chi connectivity index (χ1) is 5.34. The summed E-state index contributed by atoms with van der Waals surface area (Å²) in [5.41, 5.74) is 0. The number of carbonyl (C=O) groups is 1. The first kappa shape index (κ1) is 14.0. The Morgan fingerprint density at radius 2 is 1.67 bits per heavy atom. The van der Waals surface area contributed by atoms with E-state index in [1.807, 2.05) is 13.8 Å². The highest BCUT2D eigenvalue weighted by atomic mass is 16.1. The third-order valence-corrected chi connectivity index (χ3v) is 1.97. The van der Waals surface area contributed by atoms with E-state index in [0.29, 0.717) is 5.92 Å². The van der Waals surface area contributed by atoms with Crippen LogP contribution in [0, 0.1) is 5.92 Å². The van der Waals surface area contributed by atoms with Gasteiger partial charge in [0.15, 0.2) is 0 Å². The quantitative estimate of drug-likeness (QED) is 0.649. The molecule has 74 valence electrons. The third-order valence-electron chi connectivity index (χ3n) is 1.97. The lowest BCUT2D eigenvalue weighted by molar-refractivity contribution is -0.124. The van der Waals surface area contributed by atoms with Gasteiger partial charge in [0.05, 0.1) is 0 Å². The Balaban J connectivity index is 0. The van der Waals surface area contributed by atoms with Crippen molar-refractivity contribution >= 4 is 5.91 Å². The Bertz CT molecular complexity index is 106. The van der Waals surface area contributed by atoms with Crippen molar-refractivity contribution in [2.24, 2.45) is 5.92 Å². The second kappa shape index (κ2) is 8.57. The second-order valence-electron chi connectivity index (χ2n) is 2.60. The molecule has 1 aliphatic carbocycles. The molecule has 2 nitrogen and oxygen atoms in total. The summed E-state index contributed by atoms with van der Waals surface area (Å²) in [6, 6.07) is 0. The molecule has 0 unspecified atom stereocenters. The van der Waals surface area contributed by atoms with Gasteiger partial charge in [-0.1, -0.05) is 34.1 Å². The molecule has 0 aromatic carbocycles. The predicted octanol–water partition coefficient (Wildman–Crippen LogP) is 2.58. The Morgan fingerprint density at radius 3 is 2.00 bits per heavy atom. The Labute approximate surface area is 76.7 Å². The molecule has 1 rings (SSSR count). The van der Waals surface area contributed by atoms with Crippen LogP contribution in [0.25, 0.3) is 0 Å². The lowest BCUT2D eigenvalue weighted by Gasteiger charge is -2.04. The van der Waals surface area contributed by atoms with Gasteiger partial charge >= 0.3 is 0 Å². The van der Waals surface area contributed by atoms with E-state index in [2.05, 4.69) is 5.32 Å². The molecule has 2 heteroatoms. The van der Waals surface area contributed by atoms with E-state index in [0.717, 1.165) is 12.8 Å². The molecule has 1 fully saturated rings. The van der Waals surface area contributed by atoms with E-state index in [1.54, 1.807) is 7.05 Å². The maximum absolute atomic E-state index is 10.9. The van der Waals surface area contributed by atoms with E-state index in [9.17, 15) is 4.79 Å². The molecular formula is C10H23NO. The van der Waals surface area contributed by atoms with Crippen molar-refractivity contribution in [3.63, 3.8) is 0 Å². The van der Waals surface area contributed by atoms with Gasteiger partial charge in [0.25, 0.3) is 0 Å². The first-order valence-corrected chi connectivity index (χ1v) is 4.56.